The summed E-state index contributed by atoms with van der Waals surface area (Å²) < 4.78 is 0. The number of hydrogen-bond acceptors (Lipinski definition) is 4. The van der Waals surface area contributed by atoms with E-state index in [4.69, 9.17) is 5.11 Å². The fourth-order valence-corrected chi connectivity index (χ4v) is 3.48. The maximum atomic E-state index is 13.2. The summed E-state index contributed by atoms with van der Waals surface area (Å²) in [5, 5.41) is 16.8. The number of nitrogens with one attached hydrogen (secondary N) is 1. The first kappa shape index (κ1) is 16.4. The molecule has 1 amide bonds. The number of pyridine rings is 1. The quantitative estimate of drug-likeness (QED) is 0.897. The molecule has 1 fully saturated rings. The Kier molecular flexibility index (Phi) is 4.51. The van der Waals surface area contributed by atoms with Crippen molar-refractivity contribution in [1.82, 2.24) is 20.1 Å². The van der Waals surface area contributed by atoms with E-state index in [1.54, 1.807) is 6.07 Å². The van der Waals surface area contributed by atoms with E-state index in [0.29, 0.717) is 24.2 Å². The second-order valence-electron chi connectivity index (χ2n) is 6.44. The summed E-state index contributed by atoms with van der Waals surface area (Å²) in [6.45, 7) is 4.39. The molecule has 0 saturated carbocycles. The Balaban J connectivity index is 1.94. The fourth-order valence-electron chi connectivity index (χ4n) is 3.48. The molecule has 2 aromatic rings. The molecule has 1 aliphatic rings. The lowest BCUT2D eigenvalue weighted by Gasteiger charge is -2.36. The predicted octanol–water partition coefficient (Wildman–Crippen LogP) is 2.43. The highest BCUT2D eigenvalue weighted by atomic mass is 16.4. The lowest BCUT2D eigenvalue weighted by Crippen LogP contribution is -2.44. The largest absolute Gasteiger partial charge is 0.481 e. The number of aromatic nitrogens is 3. The van der Waals surface area contributed by atoms with Gasteiger partial charge < -0.3 is 10.0 Å². The Morgan fingerprint density at radius 2 is 2.17 bits per heavy atom. The van der Waals surface area contributed by atoms with Crippen molar-refractivity contribution in [2.45, 2.75) is 52.0 Å². The van der Waals surface area contributed by atoms with Crippen molar-refractivity contribution in [3.05, 3.63) is 23.0 Å². The van der Waals surface area contributed by atoms with Gasteiger partial charge in [-0.2, -0.15) is 5.10 Å². The number of carbonyl (C=O) groups excluding carboxylic acids is 1. The first-order chi connectivity index (χ1) is 11.5. The van der Waals surface area contributed by atoms with Crippen molar-refractivity contribution in [2.24, 2.45) is 0 Å². The van der Waals surface area contributed by atoms with Crippen molar-refractivity contribution in [1.29, 1.82) is 0 Å². The van der Waals surface area contributed by atoms with Gasteiger partial charge in [0.15, 0.2) is 5.65 Å². The number of amides is 1. The molecular weight excluding hydrogens is 308 g/mol. The highest BCUT2D eigenvalue weighted by Crippen LogP contribution is 2.27. The third-order valence-corrected chi connectivity index (χ3v) is 4.64. The summed E-state index contributed by atoms with van der Waals surface area (Å²) in [5.74, 6) is -0.870. The van der Waals surface area contributed by atoms with Gasteiger partial charge in [0.1, 0.15) is 0 Å². The number of carboxylic acid groups (broad SMARTS) is 1. The lowest BCUT2D eigenvalue weighted by molar-refractivity contribution is -0.137. The number of likely N-dealkylation sites (tertiary alicyclic amines) is 1. The average molecular weight is 330 g/mol. The van der Waals surface area contributed by atoms with Crippen LogP contribution in [0.2, 0.25) is 0 Å². The molecule has 7 heteroatoms. The number of H-pyrrole nitrogens is 1. The van der Waals surface area contributed by atoms with Gasteiger partial charge in [-0.05, 0) is 45.6 Å². The first-order valence-corrected chi connectivity index (χ1v) is 8.32. The van der Waals surface area contributed by atoms with Crippen molar-refractivity contribution in [2.75, 3.05) is 6.54 Å². The highest BCUT2D eigenvalue weighted by molar-refractivity contribution is 6.06. The molecule has 1 unspecified atom stereocenters. The van der Waals surface area contributed by atoms with Crippen LogP contribution < -0.4 is 0 Å². The highest BCUT2D eigenvalue weighted by Gasteiger charge is 2.29. The van der Waals surface area contributed by atoms with Gasteiger partial charge in [-0.3, -0.25) is 14.7 Å². The molecule has 3 rings (SSSR count). The monoisotopic (exact) mass is 330 g/mol. The molecule has 1 atom stereocenters. The summed E-state index contributed by atoms with van der Waals surface area (Å²) >= 11 is 0. The number of nitrogens with zero attached hydrogens (tertiary/aromatic N) is 3. The van der Waals surface area contributed by atoms with Gasteiger partial charge >= 0.3 is 5.97 Å². The fraction of sp³-hybridized carbons (Fsp3) is 0.529. The molecule has 3 heterocycles. The minimum atomic E-state index is -0.819. The summed E-state index contributed by atoms with van der Waals surface area (Å²) in [7, 11) is 0. The molecule has 2 N–H and O–H groups in total. The van der Waals surface area contributed by atoms with Crippen LogP contribution in [-0.4, -0.2) is 49.7 Å². The maximum Gasteiger partial charge on any atom is 0.303 e. The Morgan fingerprint density at radius 3 is 2.92 bits per heavy atom. The Hall–Kier alpha value is -2.44. The minimum Gasteiger partial charge on any atom is -0.481 e. The van der Waals surface area contributed by atoms with Gasteiger partial charge in [-0.15, -0.1) is 0 Å². The molecule has 0 aliphatic carbocycles. The van der Waals surface area contributed by atoms with Crippen LogP contribution in [0.15, 0.2) is 6.07 Å². The summed E-state index contributed by atoms with van der Waals surface area (Å²) in [6, 6.07) is 1.79. The SMILES string of the molecule is Cc1cc(C(=O)N2CCCCC2CCC(=O)O)c2c(C)[nH]nc2n1. The van der Waals surface area contributed by atoms with Gasteiger partial charge in [-0.25, -0.2) is 4.98 Å². The molecule has 0 bridgehead atoms. The summed E-state index contributed by atoms with van der Waals surface area (Å²) in [6.07, 6.45) is 3.43. The zero-order valence-corrected chi connectivity index (χ0v) is 14.0. The van der Waals surface area contributed by atoms with E-state index in [1.165, 1.54) is 0 Å². The van der Waals surface area contributed by atoms with Gasteiger partial charge in [-0.1, -0.05) is 0 Å². The van der Waals surface area contributed by atoms with E-state index in [-0.39, 0.29) is 18.4 Å². The van der Waals surface area contributed by atoms with E-state index in [9.17, 15) is 9.59 Å². The second-order valence-corrected chi connectivity index (χ2v) is 6.44. The summed E-state index contributed by atoms with van der Waals surface area (Å²) in [5.41, 5.74) is 2.72. The van der Waals surface area contributed by atoms with Crippen LogP contribution in [0.25, 0.3) is 11.0 Å². The molecule has 128 valence electrons. The average Bonchev–Trinajstić information content (AvgIpc) is 2.92. The number of carbonyl (C=O) groups is 2. The Morgan fingerprint density at radius 1 is 1.38 bits per heavy atom. The molecule has 0 spiro atoms. The van der Waals surface area contributed by atoms with Crippen molar-refractivity contribution < 1.29 is 14.7 Å². The number of rotatable bonds is 4. The van der Waals surface area contributed by atoms with Crippen LogP contribution in [0, 0.1) is 13.8 Å². The van der Waals surface area contributed by atoms with Crippen LogP contribution >= 0.6 is 0 Å². The van der Waals surface area contributed by atoms with E-state index >= 15 is 0 Å². The zero-order valence-electron chi connectivity index (χ0n) is 14.0. The predicted molar refractivity (Wildman–Crippen MR) is 88.9 cm³/mol. The smallest absolute Gasteiger partial charge is 0.303 e. The number of aryl methyl sites for hydroxylation is 2. The Labute approximate surface area is 140 Å². The minimum absolute atomic E-state index is 0.0157. The van der Waals surface area contributed by atoms with Crippen LogP contribution in [-0.2, 0) is 4.79 Å². The van der Waals surface area contributed by atoms with Gasteiger partial charge in [0.05, 0.1) is 10.9 Å². The number of aliphatic carboxylic acids is 1. The number of fused-ring (bicyclic) bond motifs is 1. The van der Waals surface area contributed by atoms with Gasteiger partial charge in [0.2, 0.25) is 0 Å². The molecule has 2 aromatic heterocycles. The molecule has 0 aromatic carbocycles. The second kappa shape index (κ2) is 6.59. The Bertz CT molecular complexity index is 783. The van der Waals surface area contributed by atoms with E-state index in [0.717, 1.165) is 36.0 Å². The van der Waals surface area contributed by atoms with Crippen LogP contribution in [0.4, 0.5) is 0 Å². The van der Waals surface area contributed by atoms with Crippen LogP contribution in [0.5, 0.6) is 0 Å². The van der Waals surface area contributed by atoms with Crippen molar-refractivity contribution >= 4 is 22.9 Å². The van der Waals surface area contributed by atoms with Crippen LogP contribution in [0.3, 0.4) is 0 Å². The van der Waals surface area contributed by atoms with Crippen LogP contribution in [0.1, 0.15) is 53.8 Å². The van der Waals surface area contributed by atoms with Gasteiger partial charge in [0.25, 0.3) is 5.91 Å². The first-order valence-electron chi connectivity index (χ1n) is 8.32. The normalized spacial score (nSPS) is 18.1. The molecule has 24 heavy (non-hydrogen) atoms. The van der Waals surface area contributed by atoms with Crippen molar-refractivity contribution in [3.8, 4) is 0 Å². The number of carboxylic acids is 1. The topological polar surface area (TPSA) is 99.2 Å². The molecule has 7 nitrogen and oxygen atoms in total. The molecule has 1 aliphatic heterocycles. The lowest BCUT2D eigenvalue weighted by atomic mass is 9.96. The van der Waals surface area contributed by atoms with E-state index in [1.807, 2.05) is 18.7 Å². The van der Waals surface area contributed by atoms with E-state index < -0.39 is 5.97 Å². The standard InChI is InChI=1S/C17H22N4O3/c1-10-9-13(15-11(2)19-20-16(15)18-10)17(24)21-8-4-3-5-12(21)6-7-14(22)23/h9,12H,3-8H2,1-2H3,(H,22,23)(H,18,19,20). The van der Waals surface area contributed by atoms with E-state index in [2.05, 4.69) is 15.2 Å². The summed E-state index contributed by atoms with van der Waals surface area (Å²) in [4.78, 5) is 30.3. The van der Waals surface area contributed by atoms with Crippen molar-refractivity contribution in [3.63, 3.8) is 0 Å². The number of piperidine rings is 1. The number of aromatic amines is 1. The zero-order chi connectivity index (χ0) is 17.3. The molecular formula is C17H22N4O3. The molecule has 0 radical (unpaired) electrons. The van der Waals surface area contributed by atoms with Gasteiger partial charge in [0, 0.05) is 30.4 Å². The number of hydrogen-bond donors (Lipinski definition) is 2. The third kappa shape index (κ3) is 3.11. The molecule has 1 saturated heterocycles. The third-order valence-electron chi connectivity index (χ3n) is 4.64. The maximum absolute atomic E-state index is 13.2.